The zero-order chi connectivity index (χ0) is 26.6. The van der Waals surface area contributed by atoms with Gasteiger partial charge in [0.05, 0.1) is 5.60 Å². The SMILES string of the molecule is C[C@H]1CC[C@H](c2ccccc2)S(=O)(=O)N1Cc1cc(F)c([C@]2(Cn3cn[nH]c3=O)C[C@](C)(O)C2)cc1F. The summed E-state index contributed by atoms with van der Waals surface area (Å²) < 4.78 is 60.7. The summed E-state index contributed by atoms with van der Waals surface area (Å²) in [6.07, 6.45) is 2.59. The fourth-order valence-corrected chi connectivity index (χ4v) is 8.33. The van der Waals surface area contributed by atoms with Crippen molar-refractivity contribution in [3.63, 3.8) is 0 Å². The Labute approximate surface area is 214 Å². The quantitative estimate of drug-likeness (QED) is 0.506. The predicted molar refractivity (Wildman–Crippen MR) is 133 cm³/mol. The molecule has 1 saturated heterocycles. The van der Waals surface area contributed by atoms with E-state index >= 15 is 8.78 Å². The number of nitrogens with zero attached hydrogens (tertiary/aromatic N) is 3. The molecule has 2 aromatic carbocycles. The van der Waals surface area contributed by atoms with Gasteiger partial charge in [-0.2, -0.15) is 9.40 Å². The zero-order valence-electron chi connectivity index (χ0n) is 20.7. The van der Waals surface area contributed by atoms with E-state index in [0.29, 0.717) is 18.4 Å². The molecule has 37 heavy (non-hydrogen) atoms. The number of hydrogen-bond donors (Lipinski definition) is 2. The molecule has 0 radical (unpaired) electrons. The number of sulfonamides is 1. The molecular formula is C26H30F2N4O4S. The summed E-state index contributed by atoms with van der Waals surface area (Å²) >= 11 is 0. The summed E-state index contributed by atoms with van der Waals surface area (Å²) in [5.74, 6) is -1.43. The van der Waals surface area contributed by atoms with Gasteiger partial charge in [0.1, 0.15) is 23.2 Å². The molecule has 0 spiro atoms. The summed E-state index contributed by atoms with van der Waals surface area (Å²) in [7, 11) is -3.82. The van der Waals surface area contributed by atoms with Crippen LogP contribution in [0.3, 0.4) is 0 Å². The zero-order valence-corrected chi connectivity index (χ0v) is 21.5. The molecule has 2 atom stereocenters. The molecule has 8 nitrogen and oxygen atoms in total. The molecule has 0 bridgehead atoms. The van der Waals surface area contributed by atoms with Crippen LogP contribution in [0.15, 0.2) is 53.6 Å². The maximum atomic E-state index is 15.6. The third-order valence-electron chi connectivity index (χ3n) is 7.76. The second-order valence-corrected chi connectivity index (χ2v) is 12.8. The van der Waals surface area contributed by atoms with Crippen LogP contribution in [0.4, 0.5) is 8.78 Å². The molecule has 2 N–H and O–H groups in total. The Morgan fingerprint density at radius 2 is 1.84 bits per heavy atom. The van der Waals surface area contributed by atoms with E-state index < -0.39 is 43.6 Å². The highest BCUT2D eigenvalue weighted by atomic mass is 32.2. The molecule has 2 heterocycles. The van der Waals surface area contributed by atoms with E-state index in [1.165, 1.54) is 15.2 Å². The molecule has 1 aliphatic carbocycles. The molecular weight excluding hydrogens is 502 g/mol. The van der Waals surface area contributed by atoms with Crippen LogP contribution >= 0.6 is 0 Å². The van der Waals surface area contributed by atoms with Gasteiger partial charge in [-0.25, -0.2) is 27.1 Å². The fraction of sp³-hybridized carbons (Fsp3) is 0.462. The monoisotopic (exact) mass is 532 g/mol. The van der Waals surface area contributed by atoms with E-state index in [1.807, 2.05) is 6.07 Å². The number of rotatable bonds is 6. The highest BCUT2D eigenvalue weighted by Gasteiger charge is 2.54. The molecule has 5 rings (SSSR count). The van der Waals surface area contributed by atoms with Crippen LogP contribution in [-0.2, 0) is 28.5 Å². The van der Waals surface area contributed by atoms with Crippen molar-refractivity contribution in [2.45, 2.75) is 74.9 Å². The summed E-state index contributed by atoms with van der Waals surface area (Å²) in [5.41, 5.74) is -1.92. The maximum absolute atomic E-state index is 15.6. The number of aliphatic hydroxyl groups is 1. The smallest absolute Gasteiger partial charge is 0.343 e. The minimum atomic E-state index is -3.82. The van der Waals surface area contributed by atoms with Gasteiger partial charge in [0.2, 0.25) is 10.0 Å². The lowest BCUT2D eigenvalue weighted by Gasteiger charge is -2.52. The number of aromatic nitrogens is 3. The lowest BCUT2D eigenvalue weighted by Crippen LogP contribution is -2.56. The molecule has 1 aromatic heterocycles. The van der Waals surface area contributed by atoms with E-state index in [4.69, 9.17) is 0 Å². The molecule has 2 aliphatic rings. The van der Waals surface area contributed by atoms with Crippen LogP contribution in [0.2, 0.25) is 0 Å². The minimum absolute atomic E-state index is 0.0183. The Kier molecular flexibility index (Phi) is 6.36. The molecule has 198 valence electrons. The first kappa shape index (κ1) is 25.7. The summed E-state index contributed by atoms with van der Waals surface area (Å²) in [6.45, 7) is 3.11. The summed E-state index contributed by atoms with van der Waals surface area (Å²) in [4.78, 5) is 12.0. The van der Waals surface area contributed by atoms with Crippen molar-refractivity contribution in [2.24, 2.45) is 0 Å². The van der Waals surface area contributed by atoms with E-state index in [1.54, 1.807) is 38.1 Å². The van der Waals surface area contributed by atoms with Crippen molar-refractivity contribution >= 4 is 10.0 Å². The van der Waals surface area contributed by atoms with Gasteiger partial charge in [-0.05, 0) is 62.8 Å². The standard InChI is InChI=1S/C26H30F2N4O4S/c1-17-8-9-23(18-6-4-3-5-7-18)37(35,36)32(17)12-19-10-22(28)20(11-21(19)27)26(13-25(2,34)14-26)15-31-16-29-30-24(31)33/h3-7,10-11,16-17,23,34H,8-9,12-15H2,1-2H3,(H,30,33)/t17-,23+,25-,26+/m0/s1. The van der Waals surface area contributed by atoms with Gasteiger partial charge in [-0.1, -0.05) is 30.3 Å². The van der Waals surface area contributed by atoms with Crippen molar-refractivity contribution < 1.29 is 22.3 Å². The third kappa shape index (κ3) is 4.64. The first-order chi connectivity index (χ1) is 17.4. The van der Waals surface area contributed by atoms with Crippen molar-refractivity contribution in [2.75, 3.05) is 0 Å². The number of hydrogen-bond acceptors (Lipinski definition) is 5. The molecule has 0 amide bonds. The molecule has 0 unspecified atom stereocenters. The van der Waals surface area contributed by atoms with Crippen LogP contribution in [0.1, 0.15) is 61.5 Å². The van der Waals surface area contributed by atoms with Crippen molar-refractivity contribution in [1.82, 2.24) is 19.1 Å². The first-order valence-electron chi connectivity index (χ1n) is 12.3. The number of nitrogens with one attached hydrogen (secondary N) is 1. The molecule has 2 fully saturated rings. The van der Waals surface area contributed by atoms with E-state index in [0.717, 1.165) is 12.1 Å². The van der Waals surface area contributed by atoms with Gasteiger partial charge in [0.15, 0.2) is 0 Å². The Morgan fingerprint density at radius 3 is 2.46 bits per heavy atom. The van der Waals surface area contributed by atoms with Gasteiger partial charge >= 0.3 is 5.69 Å². The second kappa shape index (κ2) is 9.14. The number of aromatic amines is 1. The Balaban J connectivity index is 1.47. The van der Waals surface area contributed by atoms with Gasteiger partial charge in [-0.15, -0.1) is 0 Å². The van der Waals surface area contributed by atoms with Gasteiger partial charge in [0.25, 0.3) is 0 Å². The van der Waals surface area contributed by atoms with Crippen LogP contribution in [0.5, 0.6) is 0 Å². The van der Waals surface area contributed by atoms with Gasteiger partial charge < -0.3 is 5.11 Å². The second-order valence-electron chi connectivity index (χ2n) is 10.8. The molecule has 1 aliphatic heterocycles. The highest BCUT2D eigenvalue weighted by molar-refractivity contribution is 7.89. The minimum Gasteiger partial charge on any atom is -0.390 e. The van der Waals surface area contributed by atoms with E-state index in [2.05, 4.69) is 10.2 Å². The lowest BCUT2D eigenvalue weighted by molar-refractivity contribution is -0.0834. The highest BCUT2D eigenvalue weighted by Crippen LogP contribution is 2.52. The normalized spacial score (nSPS) is 29.6. The van der Waals surface area contributed by atoms with E-state index in [9.17, 15) is 18.3 Å². The summed E-state index contributed by atoms with van der Waals surface area (Å²) in [6, 6.07) is 10.7. The molecule has 1 saturated carbocycles. The van der Waals surface area contributed by atoms with Crippen LogP contribution in [0, 0.1) is 11.6 Å². The number of H-pyrrole nitrogens is 1. The van der Waals surface area contributed by atoms with Crippen LogP contribution < -0.4 is 5.69 Å². The van der Waals surface area contributed by atoms with Crippen molar-refractivity contribution in [1.29, 1.82) is 0 Å². The van der Waals surface area contributed by atoms with Crippen LogP contribution in [0.25, 0.3) is 0 Å². The predicted octanol–water partition coefficient (Wildman–Crippen LogP) is 3.39. The van der Waals surface area contributed by atoms with Crippen LogP contribution in [-0.4, -0.2) is 44.2 Å². The molecule has 11 heteroatoms. The summed E-state index contributed by atoms with van der Waals surface area (Å²) in [5, 5.41) is 15.7. The lowest BCUT2D eigenvalue weighted by atomic mass is 9.56. The molecule has 3 aromatic rings. The average molecular weight is 533 g/mol. The van der Waals surface area contributed by atoms with Gasteiger partial charge in [0, 0.05) is 30.1 Å². The largest absolute Gasteiger partial charge is 0.390 e. The van der Waals surface area contributed by atoms with Crippen molar-refractivity contribution in [3.8, 4) is 0 Å². The fourth-order valence-electron chi connectivity index (χ4n) is 6.14. The first-order valence-corrected chi connectivity index (χ1v) is 13.8. The average Bonchev–Trinajstić information content (AvgIpc) is 3.21. The van der Waals surface area contributed by atoms with Gasteiger partial charge in [-0.3, -0.25) is 4.57 Å². The third-order valence-corrected chi connectivity index (χ3v) is 10.1. The number of halogens is 2. The maximum Gasteiger partial charge on any atom is 0.343 e. The topological polar surface area (TPSA) is 108 Å². The number of benzene rings is 2. The van der Waals surface area contributed by atoms with Crippen molar-refractivity contribution in [3.05, 3.63) is 87.6 Å². The Morgan fingerprint density at radius 1 is 1.14 bits per heavy atom. The Hall–Kier alpha value is -2.89. The Bertz CT molecular complexity index is 1460. The van der Waals surface area contributed by atoms with E-state index in [-0.39, 0.29) is 43.1 Å².